The number of nitrogens with zero attached hydrogens (tertiary/aromatic N) is 4. The van der Waals surface area contributed by atoms with Crippen LogP contribution >= 0.6 is 11.8 Å². The third-order valence-corrected chi connectivity index (χ3v) is 4.57. The summed E-state index contributed by atoms with van der Waals surface area (Å²) in [5.74, 6) is 2.76. The van der Waals surface area contributed by atoms with Crippen molar-refractivity contribution in [3.8, 4) is 0 Å². The third-order valence-electron chi connectivity index (χ3n) is 3.50. The molecule has 1 aromatic carbocycles. The fourth-order valence-electron chi connectivity index (χ4n) is 2.34. The predicted octanol–water partition coefficient (Wildman–Crippen LogP) is 4.48. The van der Waals surface area contributed by atoms with Crippen molar-refractivity contribution in [3.05, 3.63) is 42.2 Å². The summed E-state index contributed by atoms with van der Waals surface area (Å²) in [6.07, 6.45) is 3.35. The van der Waals surface area contributed by atoms with Crippen LogP contribution in [0.2, 0.25) is 0 Å². The van der Waals surface area contributed by atoms with Crippen LogP contribution in [-0.2, 0) is 0 Å². The van der Waals surface area contributed by atoms with Crippen LogP contribution in [0, 0.1) is 6.92 Å². The Bertz CT molecular complexity index is 660. The highest BCUT2D eigenvalue weighted by Crippen LogP contribution is 2.29. The number of anilines is 3. The highest BCUT2D eigenvalue weighted by atomic mass is 32.2. The molecule has 1 heterocycles. The van der Waals surface area contributed by atoms with E-state index in [0.29, 0.717) is 5.25 Å². The average molecular weight is 344 g/mol. The SMILES string of the molecule is C/C=N\N(c1ccccc1)c1ncnc(NCC(C)SCC)c1C. The smallest absolute Gasteiger partial charge is 0.162 e. The molecule has 1 aromatic heterocycles. The van der Waals surface area contributed by atoms with Crippen LogP contribution < -0.4 is 10.3 Å². The van der Waals surface area contributed by atoms with E-state index in [1.165, 1.54) is 0 Å². The maximum atomic E-state index is 4.48. The van der Waals surface area contributed by atoms with Crippen molar-refractivity contribution >= 4 is 35.3 Å². The Kier molecular flexibility index (Phi) is 7.06. The number of hydrazone groups is 1. The van der Waals surface area contributed by atoms with E-state index >= 15 is 0 Å². The Balaban J connectivity index is 2.27. The molecule has 0 saturated carbocycles. The molecule has 0 aliphatic heterocycles. The number of nitrogens with one attached hydrogen (secondary N) is 1. The summed E-state index contributed by atoms with van der Waals surface area (Å²) in [4.78, 5) is 8.85. The maximum absolute atomic E-state index is 4.48. The van der Waals surface area contributed by atoms with Crippen LogP contribution in [-0.4, -0.2) is 33.7 Å². The summed E-state index contributed by atoms with van der Waals surface area (Å²) in [5, 5.41) is 10.3. The molecule has 1 N–H and O–H groups in total. The monoisotopic (exact) mass is 343 g/mol. The zero-order valence-electron chi connectivity index (χ0n) is 14.7. The molecule has 1 unspecified atom stereocenters. The van der Waals surface area contributed by atoms with Crippen molar-refractivity contribution in [2.24, 2.45) is 5.10 Å². The second kappa shape index (κ2) is 9.27. The molecule has 2 rings (SSSR count). The van der Waals surface area contributed by atoms with Crippen molar-refractivity contribution in [3.63, 3.8) is 0 Å². The van der Waals surface area contributed by atoms with E-state index in [9.17, 15) is 0 Å². The first-order valence-corrected chi connectivity index (χ1v) is 9.23. The third kappa shape index (κ3) is 4.71. The largest absolute Gasteiger partial charge is 0.369 e. The number of rotatable bonds is 8. The average Bonchev–Trinajstić information content (AvgIpc) is 2.60. The number of benzene rings is 1. The summed E-state index contributed by atoms with van der Waals surface area (Å²) >= 11 is 1.93. The lowest BCUT2D eigenvalue weighted by atomic mass is 10.2. The fraction of sp³-hybridized carbons (Fsp3) is 0.389. The molecule has 0 saturated heterocycles. The van der Waals surface area contributed by atoms with Gasteiger partial charge in [0.15, 0.2) is 5.82 Å². The minimum absolute atomic E-state index is 0.534. The van der Waals surface area contributed by atoms with Gasteiger partial charge in [0.05, 0.1) is 5.69 Å². The van der Waals surface area contributed by atoms with E-state index in [1.54, 1.807) is 12.5 Å². The molecule has 0 spiro atoms. The quantitative estimate of drug-likeness (QED) is 0.565. The van der Waals surface area contributed by atoms with Crippen molar-refractivity contribution in [1.29, 1.82) is 0 Å². The first-order valence-electron chi connectivity index (χ1n) is 8.18. The van der Waals surface area contributed by atoms with Gasteiger partial charge in [0, 0.05) is 23.6 Å². The Morgan fingerprint density at radius 1 is 1.29 bits per heavy atom. The highest BCUT2D eigenvalue weighted by Gasteiger charge is 2.15. The molecule has 0 amide bonds. The molecule has 6 heteroatoms. The molecule has 128 valence electrons. The van der Waals surface area contributed by atoms with E-state index < -0.39 is 0 Å². The molecule has 0 bridgehead atoms. The Hall–Kier alpha value is -2.08. The standard InChI is InChI=1S/C18H25N5S/c1-5-22-23(16-10-8-7-9-11-16)18-15(4)17(20-13-21-18)19-12-14(3)24-6-2/h5,7-11,13-14H,6,12H2,1-4H3,(H,19,20,21)/b22-5-. The Morgan fingerprint density at radius 2 is 2.04 bits per heavy atom. The number of hydrogen-bond donors (Lipinski definition) is 1. The van der Waals surface area contributed by atoms with Gasteiger partial charge >= 0.3 is 0 Å². The van der Waals surface area contributed by atoms with Crippen LogP contribution in [0.25, 0.3) is 0 Å². The van der Waals surface area contributed by atoms with E-state index in [1.807, 2.05) is 61.0 Å². The summed E-state index contributed by atoms with van der Waals surface area (Å²) in [7, 11) is 0. The van der Waals surface area contributed by atoms with Crippen LogP contribution in [0.15, 0.2) is 41.8 Å². The van der Waals surface area contributed by atoms with E-state index in [-0.39, 0.29) is 0 Å². The summed E-state index contributed by atoms with van der Waals surface area (Å²) in [6, 6.07) is 10.0. The molecule has 2 aromatic rings. The lowest BCUT2D eigenvalue weighted by Crippen LogP contribution is -2.17. The predicted molar refractivity (Wildman–Crippen MR) is 106 cm³/mol. The first-order chi connectivity index (χ1) is 11.7. The van der Waals surface area contributed by atoms with Crippen LogP contribution in [0.4, 0.5) is 17.3 Å². The second-order valence-corrected chi connectivity index (χ2v) is 7.05. The van der Waals surface area contributed by atoms with Crippen LogP contribution in [0.5, 0.6) is 0 Å². The fourth-order valence-corrected chi connectivity index (χ4v) is 3.11. The molecule has 1 atom stereocenters. The lowest BCUT2D eigenvalue weighted by Gasteiger charge is -2.21. The van der Waals surface area contributed by atoms with Crippen LogP contribution in [0.1, 0.15) is 26.3 Å². The van der Waals surface area contributed by atoms with Crippen molar-refractivity contribution in [1.82, 2.24) is 9.97 Å². The molecular formula is C18H25N5S. The maximum Gasteiger partial charge on any atom is 0.162 e. The molecule has 24 heavy (non-hydrogen) atoms. The minimum Gasteiger partial charge on any atom is -0.369 e. The minimum atomic E-state index is 0.534. The topological polar surface area (TPSA) is 53.4 Å². The molecule has 0 aliphatic carbocycles. The molecule has 5 nitrogen and oxygen atoms in total. The molecule has 0 fully saturated rings. The van der Waals surface area contributed by atoms with Gasteiger partial charge in [-0.25, -0.2) is 15.0 Å². The summed E-state index contributed by atoms with van der Waals surface area (Å²) in [6.45, 7) is 9.19. The number of para-hydroxylation sites is 1. The van der Waals surface area contributed by atoms with E-state index in [4.69, 9.17) is 0 Å². The first kappa shape index (κ1) is 18.3. The van der Waals surface area contributed by atoms with Gasteiger partial charge in [-0.3, -0.25) is 0 Å². The van der Waals surface area contributed by atoms with Gasteiger partial charge in [0.1, 0.15) is 12.1 Å². The summed E-state index contributed by atoms with van der Waals surface area (Å²) < 4.78 is 0. The van der Waals surface area contributed by atoms with Crippen molar-refractivity contribution in [2.45, 2.75) is 32.9 Å². The zero-order valence-corrected chi connectivity index (χ0v) is 15.5. The number of hydrogen-bond acceptors (Lipinski definition) is 6. The summed E-state index contributed by atoms with van der Waals surface area (Å²) in [5.41, 5.74) is 1.96. The van der Waals surface area contributed by atoms with Gasteiger partial charge in [-0.15, -0.1) is 0 Å². The number of aromatic nitrogens is 2. The van der Waals surface area contributed by atoms with Crippen LogP contribution in [0.3, 0.4) is 0 Å². The van der Waals surface area contributed by atoms with Gasteiger partial charge in [0.2, 0.25) is 0 Å². The second-order valence-electron chi connectivity index (χ2n) is 5.34. The van der Waals surface area contributed by atoms with Gasteiger partial charge in [-0.05, 0) is 31.7 Å². The van der Waals surface area contributed by atoms with Crippen molar-refractivity contribution < 1.29 is 0 Å². The van der Waals surface area contributed by atoms with Gasteiger partial charge in [-0.1, -0.05) is 32.0 Å². The Morgan fingerprint density at radius 3 is 2.71 bits per heavy atom. The van der Waals surface area contributed by atoms with Crippen molar-refractivity contribution in [2.75, 3.05) is 22.6 Å². The normalized spacial score (nSPS) is 12.3. The Labute approximate surface area is 148 Å². The van der Waals surface area contributed by atoms with Gasteiger partial charge < -0.3 is 5.32 Å². The number of thioether (sulfide) groups is 1. The van der Waals surface area contributed by atoms with E-state index in [2.05, 4.69) is 34.2 Å². The van der Waals surface area contributed by atoms with Gasteiger partial charge in [0.25, 0.3) is 0 Å². The van der Waals surface area contributed by atoms with Gasteiger partial charge in [-0.2, -0.15) is 16.9 Å². The zero-order chi connectivity index (χ0) is 17.4. The highest BCUT2D eigenvalue weighted by molar-refractivity contribution is 7.99. The molecule has 0 radical (unpaired) electrons. The lowest BCUT2D eigenvalue weighted by molar-refractivity contribution is 0.959. The van der Waals surface area contributed by atoms with E-state index in [0.717, 1.165) is 35.2 Å². The molecule has 0 aliphatic rings. The molecular weight excluding hydrogens is 318 g/mol.